The fraction of sp³-hybridized carbons (Fsp3) is 0.900. The van der Waals surface area contributed by atoms with Gasteiger partial charge in [0.05, 0.1) is 13.0 Å². The normalized spacial score (nSPS) is 22.4. The Morgan fingerprint density at radius 2 is 2.00 bits per heavy atom. The molecule has 1 rings (SSSR count). The minimum Gasteiger partial charge on any atom is -0.359 e. The van der Waals surface area contributed by atoms with E-state index in [1.54, 1.807) is 0 Å². The highest BCUT2D eigenvalue weighted by Gasteiger charge is 2.34. The number of hydrogen-bond donors (Lipinski definition) is 1. The van der Waals surface area contributed by atoms with Crippen molar-refractivity contribution in [3.05, 3.63) is 0 Å². The molecule has 94 valence electrons. The van der Waals surface area contributed by atoms with Crippen molar-refractivity contribution in [3.8, 4) is 0 Å². The molecule has 2 nitrogen and oxygen atoms in total. The summed E-state index contributed by atoms with van der Waals surface area (Å²) < 4.78 is 35.8. The van der Waals surface area contributed by atoms with Gasteiger partial charge in [0.2, 0.25) is 0 Å². The van der Waals surface area contributed by atoms with Gasteiger partial charge in [-0.2, -0.15) is 13.2 Å². The molecule has 0 aromatic rings. The molecule has 16 heavy (non-hydrogen) atoms. The van der Waals surface area contributed by atoms with Crippen molar-refractivity contribution in [2.75, 3.05) is 12.3 Å². The molecule has 1 saturated heterocycles. The van der Waals surface area contributed by atoms with Gasteiger partial charge in [0.15, 0.2) is 5.17 Å². The van der Waals surface area contributed by atoms with E-state index in [9.17, 15) is 13.2 Å². The summed E-state index contributed by atoms with van der Waals surface area (Å²) in [6, 6.07) is 0. The second kappa shape index (κ2) is 5.29. The fourth-order valence-corrected chi connectivity index (χ4v) is 2.87. The molecule has 0 spiro atoms. The Morgan fingerprint density at radius 3 is 2.44 bits per heavy atom. The molecular weight excluding hydrogens is 237 g/mol. The highest BCUT2D eigenvalue weighted by Crippen LogP contribution is 2.29. The van der Waals surface area contributed by atoms with Crippen LogP contribution >= 0.6 is 11.8 Å². The second-order valence-electron chi connectivity index (χ2n) is 3.95. The van der Waals surface area contributed by atoms with E-state index >= 15 is 0 Å². The summed E-state index contributed by atoms with van der Waals surface area (Å²) in [5, 5.41) is 3.90. The predicted molar refractivity (Wildman–Crippen MR) is 61.9 cm³/mol. The molecule has 0 radical (unpaired) electrons. The van der Waals surface area contributed by atoms with E-state index in [0.29, 0.717) is 5.17 Å². The first-order valence-electron chi connectivity index (χ1n) is 5.43. The van der Waals surface area contributed by atoms with Crippen LogP contribution in [0.5, 0.6) is 0 Å². The van der Waals surface area contributed by atoms with Crippen molar-refractivity contribution in [1.82, 2.24) is 5.32 Å². The van der Waals surface area contributed by atoms with E-state index in [1.807, 2.05) is 0 Å². The Bertz CT molecular complexity index is 259. The van der Waals surface area contributed by atoms with Gasteiger partial charge in [-0.25, -0.2) is 0 Å². The average Bonchev–Trinajstić information content (AvgIpc) is 2.61. The molecule has 0 saturated carbocycles. The van der Waals surface area contributed by atoms with Crippen molar-refractivity contribution >= 4 is 16.9 Å². The summed E-state index contributed by atoms with van der Waals surface area (Å²) in [4.78, 5) is 3.95. The molecule has 0 unspecified atom stereocenters. The van der Waals surface area contributed by atoms with Crippen LogP contribution in [-0.4, -0.2) is 29.2 Å². The minimum absolute atomic E-state index is 0.0295. The molecule has 1 fully saturated rings. The standard InChI is InChI=1S/C10H17F3N2S/c1-3-9(4-2)7-16-8(15-9)14-6-5-10(11,12)13/h3-7H2,1-2H3,(H,14,15). The lowest BCUT2D eigenvalue weighted by Gasteiger charge is -2.25. The maximum absolute atomic E-state index is 11.9. The Kier molecular flexibility index (Phi) is 4.52. The lowest BCUT2D eigenvalue weighted by atomic mass is 9.96. The number of rotatable bonds is 4. The molecule has 1 aliphatic rings. The molecule has 0 atom stereocenters. The fourth-order valence-electron chi connectivity index (χ4n) is 1.51. The van der Waals surface area contributed by atoms with Gasteiger partial charge < -0.3 is 5.32 Å². The van der Waals surface area contributed by atoms with Crippen LogP contribution in [0.4, 0.5) is 13.2 Å². The number of aliphatic imine (C=N–C) groups is 1. The van der Waals surface area contributed by atoms with Crippen LogP contribution in [0.2, 0.25) is 0 Å². The van der Waals surface area contributed by atoms with E-state index in [4.69, 9.17) is 0 Å². The maximum Gasteiger partial charge on any atom is 0.390 e. The summed E-state index contributed by atoms with van der Waals surface area (Å²) >= 11 is 1.52. The van der Waals surface area contributed by atoms with Crippen molar-refractivity contribution in [3.63, 3.8) is 0 Å². The molecule has 1 heterocycles. The first kappa shape index (κ1) is 13.7. The lowest BCUT2D eigenvalue weighted by molar-refractivity contribution is -0.132. The van der Waals surface area contributed by atoms with Crippen LogP contribution in [0, 0.1) is 0 Å². The van der Waals surface area contributed by atoms with Crippen LogP contribution in [0.25, 0.3) is 0 Å². The number of nitrogens with zero attached hydrogens (tertiary/aromatic N) is 1. The number of halogens is 3. The zero-order chi connectivity index (χ0) is 12.2. The summed E-state index contributed by atoms with van der Waals surface area (Å²) in [5.41, 5.74) is 0.0295. The van der Waals surface area contributed by atoms with E-state index in [1.165, 1.54) is 11.8 Å². The quantitative estimate of drug-likeness (QED) is 0.833. The summed E-state index contributed by atoms with van der Waals surface area (Å²) in [5.74, 6) is 0.894. The van der Waals surface area contributed by atoms with Gasteiger partial charge in [0.25, 0.3) is 0 Å². The molecule has 1 aliphatic heterocycles. The first-order chi connectivity index (χ1) is 7.41. The molecule has 0 aliphatic carbocycles. The third-order valence-electron chi connectivity index (χ3n) is 2.86. The van der Waals surface area contributed by atoms with Crippen LogP contribution < -0.4 is 5.32 Å². The van der Waals surface area contributed by atoms with Crippen LogP contribution in [0.15, 0.2) is 4.99 Å². The van der Waals surface area contributed by atoms with Crippen LogP contribution in [0.3, 0.4) is 0 Å². The number of amidine groups is 1. The Labute approximate surface area is 98.1 Å². The smallest absolute Gasteiger partial charge is 0.359 e. The highest BCUT2D eigenvalue weighted by molar-refractivity contribution is 8.14. The van der Waals surface area contributed by atoms with Crippen LogP contribution in [0.1, 0.15) is 33.1 Å². The SMILES string of the molecule is CCC1(CC)CSC(=NCCC(F)(F)F)N1. The van der Waals surface area contributed by atoms with Gasteiger partial charge in [-0.1, -0.05) is 25.6 Å². The number of nitrogens with one attached hydrogen (secondary N) is 1. The van der Waals surface area contributed by atoms with Gasteiger partial charge in [-0.15, -0.1) is 0 Å². The van der Waals surface area contributed by atoms with E-state index < -0.39 is 12.6 Å². The second-order valence-corrected chi connectivity index (χ2v) is 4.92. The van der Waals surface area contributed by atoms with Crippen molar-refractivity contribution in [1.29, 1.82) is 0 Å². The van der Waals surface area contributed by atoms with Gasteiger partial charge in [0.1, 0.15) is 0 Å². The number of thioether (sulfide) groups is 1. The van der Waals surface area contributed by atoms with Gasteiger partial charge >= 0.3 is 6.18 Å². The number of alkyl halides is 3. The van der Waals surface area contributed by atoms with E-state index in [2.05, 4.69) is 24.2 Å². The Hall–Kier alpha value is -0.390. The van der Waals surface area contributed by atoms with Crippen LogP contribution in [-0.2, 0) is 0 Å². The predicted octanol–water partition coefficient (Wildman–Crippen LogP) is 3.19. The molecule has 0 bridgehead atoms. The van der Waals surface area contributed by atoms with Crippen molar-refractivity contribution in [2.45, 2.75) is 44.8 Å². The Morgan fingerprint density at radius 1 is 1.38 bits per heavy atom. The van der Waals surface area contributed by atoms with Crippen molar-refractivity contribution < 1.29 is 13.2 Å². The van der Waals surface area contributed by atoms with Crippen molar-refractivity contribution in [2.24, 2.45) is 4.99 Å². The van der Waals surface area contributed by atoms with Gasteiger partial charge in [-0.05, 0) is 12.8 Å². The maximum atomic E-state index is 11.9. The number of hydrogen-bond acceptors (Lipinski definition) is 2. The summed E-state index contributed by atoms with van der Waals surface area (Å²) in [6.45, 7) is 3.98. The third kappa shape index (κ3) is 3.88. The minimum atomic E-state index is -4.11. The van der Waals surface area contributed by atoms with E-state index in [-0.39, 0.29) is 12.1 Å². The monoisotopic (exact) mass is 254 g/mol. The zero-order valence-electron chi connectivity index (χ0n) is 9.52. The zero-order valence-corrected chi connectivity index (χ0v) is 10.3. The lowest BCUT2D eigenvalue weighted by Crippen LogP contribution is -2.42. The molecular formula is C10H17F3N2S. The molecule has 0 aromatic carbocycles. The van der Waals surface area contributed by atoms with Gasteiger partial charge in [0, 0.05) is 11.3 Å². The summed E-state index contributed by atoms with van der Waals surface area (Å²) in [7, 11) is 0. The molecule has 1 N–H and O–H groups in total. The third-order valence-corrected chi connectivity index (χ3v) is 4.06. The average molecular weight is 254 g/mol. The summed E-state index contributed by atoms with van der Waals surface area (Å²) in [6.07, 6.45) is -3.02. The topological polar surface area (TPSA) is 24.4 Å². The van der Waals surface area contributed by atoms with E-state index in [0.717, 1.165) is 18.6 Å². The Balaban J connectivity index is 2.44. The van der Waals surface area contributed by atoms with Gasteiger partial charge in [-0.3, -0.25) is 4.99 Å². The largest absolute Gasteiger partial charge is 0.390 e. The molecule has 0 aromatic heterocycles. The highest BCUT2D eigenvalue weighted by atomic mass is 32.2. The molecule has 6 heteroatoms. The molecule has 0 amide bonds. The first-order valence-corrected chi connectivity index (χ1v) is 6.41.